The molecule has 0 saturated heterocycles. The molecule has 4 nitrogen and oxygen atoms in total. The molecule has 20 heavy (non-hydrogen) atoms. The van der Waals surface area contributed by atoms with E-state index in [1.54, 1.807) is 24.4 Å². The molecule has 0 fully saturated rings. The van der Waals surface area contributed by atoms with Gasteiger partial charge in [-0.15, -0.1) is 0 Å². The zero-order valence-electron chi connectivity index (χ0n) is 10.2. The van der Waals surface area contributed by atoms with Crippen molar-refractivity contribution in [3.05, 3.63) is 52.6 Å². The summed E-state index contributed by atoms with van der Waals surface area (Å²) < 4.78 is 5.31. The molecule has 0 radical (unpaired) electrons. The van der Waals surface area contributed by atoms with Gasteiger partial charge in [0.25, 0.3) is 0 Å². The quantitative estimate of drug-likeness (QED) is 0.767. The first-order valence-corrected chi connectivity index (χ1v) is 6.54. The Labute approximate surface area is 125 Å². The number of aromatic nitrogens is 2. The van der Waals surface area contributed by atoms with Crippen LogP contribution in [0.2, 0.25) is 10.0 Å². The number of hydrogen-bond acceptors (Lipinski definition) is 4. The first kappa shape index (κ1) is 13.0. The van der Waals surface area contributed by atoms with Gasteiger partial charge in [0.15, 0.2) is 11.6 Å². The standard InChI is InChI=1S/C14H9Cl2N3O/c15-8-4-5-10(16)9(7-8)13-12(14(17)19-20-13)11-3-1-2-6-18-11/h1-7H,(H2,17,19). The lowest BCUT2D eigenvalue weighted by Crippen LogP contribution is -1.91. The van der Waals surface area contributed by atoms with Crippen molar-refractivity contribution in [2.45, 2.75) is 0 Å². The maximum atomic E-state index is 6.19. The SMILES string of the molecule is Nc1noc(-c2cc(Cl)ccc2Cl)c1-c1ccccn1. The van der Waals surface area contributed by atoms with E-state index < -0.39 is 0 Å². The number of pyridine rings is 1. The Kier molecular flexibility index (Phi) is 3.34. The van der Waals surface area contributed by atoms with Crippen LogP contribution in [0.3, 0.4) is 0 Å². The Balaban J connectivity index is 2.24. The normalized spacial score (nSPS) is 10.7. The molecule has 2 heterocycles. The van der Waals surface area contributed by atoms with Gasteiger partial charge >= 0.3 is 0 Å². The molecule has 1 aromatic carbocycles. The lowest BCUT2D eigenvalue weighted by Gasteiger charge is -2.04. The first-order chi connectivity index (χ1) is 9.66. The van der Waals surface area contributed by atoms with Crippen molar-refractivity contribution in [3.63, 3.8) is 0 Å². The van der Waals surface area contributed by atoms with Crippen LogP contribution in [0.4, 0.5) is 5.82 Å². The van der Waals surface area contributed by atoms with Gasteiger partial charge in [-0.3, -0.25) is 4.98 Å². The molecule has 0 saturated carbocycles. The summed E-state index contributed by atoms with van der Waals surface area (Å²) in [5.74, 6) is 0.712. The third-order valence-electron chi connectivity index (χ3n) is 2.81. The van der Waals surface area contributed by atoms with Crippen molar-refractivity contribution in [2.24, 2.45) is 0 Å². The summed E-state index contributed by atoms with van der Waals surface area (Å²) in [5.41, 5.74) is 7.78. The number of nitrogens with two attached hydrogens (primary N) is 1. The zero-order chi connectivity index (χ0) is 14.1. The summed E-state index contributed by atoms with van der Waals surface area (Å²) in [7, 11) is 0. The maximum absolute atomic E-state index is 6.19. The Bertz CT molecular complexity index is 756. The molecule has 0 spiro atoms. The summed E-state index contributed by atoms with van der Waals surface area (Å²) in [5, 5.41) is 4.85. The molecule has 6 heteroatoms. The Morgan fingerprint density at radius 3 is 2.70 bits per heavy atom. The van der Waals surface area contributed by atoms with Crippen LogP contribution in [-0.2, 0) is 0 Å². The van der Waals surface area contributed by atoms with E-state index in [1.165, 1.54) is 0 Å². The molecular weight excluding hydrogens is 297 g/mol. The molecule has 0 aliphatic carbocycles. The van der Waals surface area contributed by atoms with Crippen LogP contribution in [0.25, 0.3) is 22.6 Å². The number of hydrogen-bond donors (Lipinski definition) is 1. The van der Waals surface area contributed by atoms with Crippen molar-refractivity contribution < 1.29 is 4.52 Å². The fourth-order valence-corrected chi connectivity index (χ4v) is 2.29. The topological polar surface area (TPSA) is 64.9 Å². The minimum absolute atomic E-state index is 0.259. The molecule has 2 N–H and O–H groups in total. The smallest absolute Gasteiger partial charge is 0.180 e. The van der Waals surface area contributed by atoms with Crippen LogP contribution in [0.15, 0.2) is 47.1 Å². The average molecular weight is 306 g/mol. The van der Waals surface area contributed by atoms with E-state index in [1.807, 2.05) is 18.2 Å². The highest BCUT2D eigenvalue weighted by Gasteiger charge is 2.20. The Morgan fingerprint density at radius 2 is 1.95 bits per heavy atom. The number of benzene rings is 1. The van der Waals surface area contributed by atoms with Gasteiger partial charge in [-0.05, 0) is 30.3 Å². The molecule has 0 aliphatic rings. The van der Waals surface area contributed by atoms with E-state index >= 15 is 0 Å². The number of nitrogen functional groups attached to an aromatic ring is 1. The lowest BCUT2D eigenvalue weighted by molar-refractivity contribution is 0.436. The third kappa shape index (κ3) is 2.24. The highest BCUT2D eigenvalue weighted by atomic mass is 35.5. The Hall–Kier alpha value is -2.04. The molecule has 100 valence electrons. The summed E-state index contributed by atoms with van der Waals surface area (Å²) in [6.07, 6.45) is 1.67. The second-order valence-corrected chi connectivity index (χ2v) is 4.95. The molecule has 2 aromatic heterocycles. The minimum atomic E-state index is 0.259. The predicted molar refractivity (Wildman–Crippen MR) is 79.6 cm³/mol. The number of anilines is 1. The molecule has 0 bridgehead atoms. The van der Waals surface area contributed by atoms with E-state index in [2.05, 4.69) is 10.1 Å². The van der Waals surface area contributed by atoms with Gasteiger partial charge in [0.1, 0.15) is 0 Å². The first-order valence-electron chi connectivity index (χ1n) is 5.79. The average Bonchev–Trinajstić information content (AvgIpc) is 2.84. The maximum Gasteiger partial charge on any atom is 0.180 e. The zero-order valence-corrected chi connectivity index (χ0v) is 11.7. The minimum Gasteiger partial charge on any atom is -0.380 e. The monoisotopic (exact) mass is 305 g/mol. The van der Waals surface area contributed by atoms with Crippen molar-refractivity contribution in [2.75, 3.05) is 5.73 Å². The van der Waals surface area contributed by atoms with Crippen LogP contribution in [-0.4, -0.2) is 10.1 Å². The van der Waals surface area contributed by atoms with E-state index in [-0.39, 0.29) is 5.82 Å². The van der Waals surface area contributed by atoms with Gasteiger partial charge in [0, 0.05) is 16.8 Å². The second-order valence-electron chi connectivity index (χ2n) is 4.11. The van der Waals surface area contributed by atoms with Crippen LogP contribution in [0.5, 0.6) is 0 Å². The van der Waals surface area contributed by atoms with Crippen molar-refractivity contribution in [3.8, 4) is 22.6 Å². The van der Waals surface area contributed by atoms with Gasteiger partial charge in [-0.1, -0.05) is 34.4 Å². The second kappa shape index (κ2) is 5.15. The summed E-state index contributed by atoms with van der Waals surface area (Å²) in [6.45, 7) is 0. The third-order valence-corrected chi connectivity index (χ3v) is 3.38. The van der Waals surface area contributed by atoms with Gasteiger partial charge in [0.2, 0.25) is 0 Å². The van der Waals surface area contributed by atoms with Crippen LogP contribution >= 0.6 is 23.2 Å². The van der Waals surface area contributed by atoms with Crippen LogP contribution in [0.1, 0.15) is 0 Å². The van der Waals surface area contributed by atoms with E-state index in [4.69, 9.17) is 33.5 Å². The molecule has 0 amide bonds. The molecule has 3 rings (SSSR count). The molecule has 0 aliphatic heterocycles. The summed E-state index contributed by atoms with van der Waals surface area (Å²) in [4.78, 5) is 4.26. The fourth-order valence-electron chi connectivity index (χ4n) is 1.92. The van der Waals surface area contributed by atoms with E-state index in [0.717, 1.165) is 0 Å². The lowest BCUT2D eigenvalue weighted by atomic mass is 10.1. The number of nitrogens with zero attached hydrogens (tertiary/aromatic N) is 2. The molecular formula is C14H9Cl2N3O. The summed E-state index contributed by atoms with van der Waals surface area (Å²) in [6, 6.07) is 10.6. The van der Waals surface area contributed by atoms with Gasteiger partial charge in [-0.25, -0.2) is 0 Å². The van der Waals surface area contributed by atoms with Crippen LogP contribution in [0, 0.1) is 0 Å². The number of rotatable bonds is 2. The van der Waals surface area contributed by atoms with Crippen LogP contribution < -0.4 is 5.73 Å². The van der Waals surface area contributed by atoms with Gasteiger partial charge in [0.05, 0.1) is 16.3 Å². The van der Waals surface area contributed by atoms with Crippen molar-refractivity contribution in [1.29, 1.82) is 0 Å². The van der Waals surface area contributed by atoms with Crippen molar-refractivity contribution >= 4 is 29.0 Å². The highest BCUT2D eigenvalue weighted by molar-refractivity contribution is 6.35. The molecule has 0 atom stereocenters. The van der Waals surface area contributed by atoms with Gasteiger partial charge < -0.3 is 10.3 Å². The highest BCUT2D eigenvalue weighted by Crippen LogP contribution is 2.39. The van der Waals surface area contributed by atoms with Gasteiger partial charge in [-0.2, -0.15) is 0 Å². The van der Waals surface area contributed by atoms with E-state index in [0.29, 0.717) is 32.6 Å². The fraction of sp³-hybridized carbons (Fsp3) is 0. The number of halogens is 2. The largest absolute Gasteiger partial charge is 0.380 e. The van der Waals surface area contributed by atoms with Crippen molar-refractivity contribution in [1.82, 2.24) is 10.1 Å². The summed E-state index contributed by atoms with van der Waals surface area (Å²) >= 11 is 12.2. The molecule has 0 unspecified atom stereocenters. The van der Waals surface area contributed by atoms with E-state index in [9.17, 15) is 0 Å². The predicted octanol–water partition coefficient (Wildman–Crippen LogP) is 4.29. The molecule has 3 aromatic rings. The Morgan fingerprint density at radius 1 is 1.10 bits per heavy atom.